The van der Waals surface area contributed by atoms with Crippen LogP contribution in [-0.2, 0) is 19.2 Å². The van der Waals surface area contributed by atoms with Crippen molar-refractivity contribution in [3.05, 3.63) is 29.8 Å². The third-order valence-electron chi connectivity index (χ3n) is 6.99. The molecule has 0 atom stereocenters. The number of imide groups is 1. The first-order chi connectivity index (χ1) is 20.3. The molecule has 17 heteroatoms. The van der Waals surface area contributed by atoms with Gasteiger partial charge in [0.25, 0.3) is 11.8 Å². The number of anilines is 1. The number of rotatable bonds is 5. The zero-order chi connectivity index (χ0) is 31.5. The van der Waals surface area contributed by atoms with Gasteiger partial charge in [-0.25, -0.2) is 9.59 Å². The number of thiophene rings is 1. The summed E-state index contributed by atoms with van der Waals surface area (Å²) >= 11 is 1.34. The monoisotopic (exact) mass is 624 g/mol. The van der Waals surface area contributed by atoms with Crippen LogP contribution in [0.2, 0.25) is 0 Å². The summed E-state index contributed by atoms with van der Waals surface area (Å²) in [6.45, 7) is 2.83. The molecule has 0 radical (unpaired) electrons. The van der Waals surface area contributed by atoms with Gasteiger partial charge in [0, 0.05) is 42.6 Å². The molecule has 5 rings (SSSR count). The zero-order valence-electron chi connectivity index (χ0n) is 22.7. The lowest BCUT2D eigenvalue weighted by Gasteiger charge is -2.35. The maximum Gasteiger partial charge on any atom is 0.490 e. The van der Waals surface area contributed by atoms with Gasteiger partial charge in [-0.3, -0.25) is 34.4 Å². The van der Waals surface area contributed by atoms with E-state index in [1.54, 1.807) is 4.90 Å². The molecule has 0 saturated carbocycles. The number of hydrogen-bond acceptors (Lipinski definition) is 8. The molecule has 6 amide bonds. The fraction of sp³-hybridized carbons (Fsp3) is 0.423. The van der Waals surface area contributed by atoms with E-state index in [0.29, 0.717) is 48.9 Å². The first kappa shape index (κ1) is 31.4. The quantitative estimate of drug-likeness (QED) is 0.369. The predicted molar refractivity (Wildman–Crippen MR) is 148 cm³/mol. The van der Waals surface area contributed by atoms with Crippen LogP contribution < -0.4 is 16.0 Å². The number of benzene rings is 1. The summed E-state index contributed by atoms with van der Waals surface area (Å²) < 4.78 is 32.6. The van der Waals surface area contributed by atoms with E-state index in [1.165, 1.54) is 11.3 Å². The second-order valence-electron chi connectivity index (χ2n) is 9.80. The number of nitrogens with one attached hydrogen (secondary N) is 3. The summed E-state index contributed by atoms with van der Waals surface area (Å²) in [5, 5.41) is 16.6. The highest BCUT2D eigenvalue weighted by atomic mass is 32.1. The molecule has 43 heavy (non-hydrogen) atoms. The van der Waals surface area contributed by atoms with Crippen molar-refractivity contribution in [1.29, 1.82) is 0 Å². The van der Waals surface area contributed by atoms with Crippen molar-refractivity contribution in [2.75, 3.05) is 31.5 Å². The van der Waals surface area contributed by atoms with Crippen LogP contribution in [0.5, 0.6) is 0 Å². The van der Waals surface area contributed by atoms with Gasteiger partial charge in [0.05, 0.1) is 12.1 Å². The molecule has 0 aliphatic carbocycles. The number of nitrogens with zero attached hydrogens (tertiary/aromatic N) is 3. The standard InChI is InChI=1S/C24H26N6O5S.C2HF3O2/c1-2-25-23(35)27-20-19(14-5-3-4-6-15(14)36-20)21(33)29-11-9-24(10-12-29)22(34)26-16(28-24)13-30-17(31)7-8-18(30)32;3-2(4,5)1(6)7/h3-6H,2,7-13H2,1H3,(H2,25,27,35)(H,26,28,34);(H,6,7). The highest BCUT2D eigenvalue weighted by Crippen LogP contribution is 2.38. The van der Waals surface area contributed by atoms with Crippen LogP contribution in [-0.4, -0.2) is 94.3 Å². The molecule has 3 aliphatic rings. The third kappa shape index (κ3) is 6.76. The number of urea groups is 1. The number of amides is 6. The zero-order valence-corrected chi connectivity index (χ0v) is 23.6. The van der Waals surface area contributed by atoms with E-state index in [0.717, 1.165) is 15.0 Å². The minimum absolute atomic E-state index is 0.0381. The van der Waals surface area contributed by atoms with Gasteiger partial charge >= 0.3 is 18.2 Å². The number of aliphatic imine (C=N–C) groups is 1. The maximum atomic E-state index is 13.6. The molecule has 230 valence electrons. The number of aliphatic carboxylic acids is 1. The van der Waals surface area contributed by atoms with Crippen LogP contribution in [0.25, 0.3) is 10.1 Å². The SMILES string of the molecule is CCNC(=O)Nc1sc2ccccc2c1C(=O)N1CCC2(CC1)N=C(CN1C(=O)CCC1=O)NC2=O.O=C(O)C(F)(F)F. The van der Waals surface area contributed by atoms with Gasteiger partial charge in [-0.2, -0.15) is 13.2 Å². The van der Waals surface area contributed by atoms with Crippen LogP contribution in [0.15, 0.2) is 29.3 Å². The molecule has 1 aromatic carbocycles. The molecule has 3 aliphatic heterocycles. The van der Waals surface area contributed by atoms with Gasteiger partial charge in [0.2, 0.25) is 11.8 Å². The molecule has 2 fully saturated rings. The highest BCUT2D eigenvalue weighted by molar-refractivity contribution is 7.23. The lowest BCUT2D eigenvalue weighted by molar-refractivity contribution is -0.192. The van der Waals surface area contributed by atoms with Gasteiger partial charge in [0.1, 0.15) is 16.4 Å². The average Bonchev–Trinajstić information content (AvgIpc) is 3.57. The minimum Gasteiger partial charge on any atom is -0.475 e. The first-order valence-corrected chi connectivity index (χ1v) is 14.0. The van der Waals surface area contributed by atoms with E-state index in [-0.39, 0.29) is 49.0 Å². The van der Waals surface area contributed by atoms with E-state index in [9.17, 15) is 37.1 Å². The Balaban J connectivity index is 0.000000541. The van der Waals surface area contributed by atoms with Crippen LogP contribution >= 0.6 is 11.3 Å². The number of fused-ring (bicyclic) bond motifs is 1. The van der Waals surface area contributed by atoms with Crippen LogP contribution in [0.3, 0.4) is 0 Å². The Kier molecular flexibility index (Phi) is 9.03. The third-order valence-corrected chi connectivity index (χ3v) is 8.07. The van der Waals surface area contributed by atoms with Crippen molar-refractivity contribution in [2.45, 2.75) is 44.3 Å². The van der Waals surface area contributed by atoms with E-state index >= 15 is 0 Å². The summed E-state index contributed by atoms with van der Waals surface area (Å²) in [6.07, 6.45) is -4.10. The molecule has 13 nitrogen and oxygen atoms in total. The van der Waals surface area contributed by atoms with Gasteiger partial charge in [-0.15, -0.1) is 11.3 Å². The van der Waals surface area contributed by atoms with E-state index in [4.69, 9.17) is 9.90 Å². The van der Waals surface area contributed by atoms with Crippen molar-refractivity contribution in [1.82, 2.24) is 20.4 Å². The lowest BCUT2D eigenvalue weighted by Crippen LogP contribution is -2.50. The Morgan fingerprint density at radius 1 is 1.09 bits per heavy atom. The molecule has 0 unspecified atom stereocenters. The summed E-state index contributed by atoms with van der Waals surface area (Å²) in [4.78, 5) is 78.8. The molecule has 2 aromatic rings. The fourth-order valence-corrected chi connectivity index (χ4v) is 5.93. The van der Waals surface area contributed by atoms with Crippen LogP contribution in [0.4, 0.5) is 23.0 Å². The number of carbonyl (C=O) groups is 6. The normalized spacial score (nSPS) is 17.9. The number of hydrogen-bond donors (Lipinski definition) is 4. The Morgan fingerprint density at radius 2 is 1.70 bits per heavy atom. The van der Waals surface area contributed by atoms with Gasteiger partial charge in [-0.05, 0) is 25.8 Å². The van der Waals surface area contributed by atoms with E-state index in [1.807, 2.05) is 31.2 Å². The summed E-state index contributed by atoms with van der Waals surface area (Å²) in [6, 6.07) is 7.11. The Morgan fingerprint density at radius 3 is 2.28 bits per heavy atom. The molecule has 4 heterocycles. The topological polar surface area (TPSA) is 178 Å². The van der Waals surface area contributed by atoms with Crippen molar-refractivity contribution < 1.29 is 47.0 Å². The van der Waals surface area contributed by atoms with Crippen molar-refractivity contribution in [3.8, 4) is 0 Å². The minimum atomic E-state index is -5.08. The predicted octanol–water partition coefficient (Wildman–Crippen LogP) is 2.33. The first-order valence-electron chi connectivity index (χ1n) is 13.1. The maximum absolute atomic E-state index is 13.6. The molecule has 4 N–H and O–H groups in total. The average molecular weight is 625 g/mol. The summed E-state index contributed by atoms with van der Waals surface area (Å²) in [5.41, 5.74) is -0.583. The largest absolute Gasteiger partial charge is 0.490 e. The number of carbonyl (C=O) groups excluding carboxylic acids is 5. The summed E-state index contributed by atoms with van der Waals surface area (Å²) in [5.74, 6) is -3.47. The van der Waals surface area contributed by atoms with Gasteiger partial charge < -0.3 is 20.6 Å². The smallest absolute Gasteiger partial charge is 0.475 e. The van der Waals surface area contributed by atoms with Crippen molar-refractivity contribution >= 4 is 67.9 Å². The van der Waals surface area contributed by atoms with Gasteiger partial charge in [0.15, 0.2) is 0 Å². The number of carboxylic acid groups (broad SMARTS) is 1. The number of alkyl halides is 3. The number of likely N-dealkylation sites (tertiary alicyclic amines) is 2. The number of amidine groups is 1. The molecule has 1 spiro atoms. The number of carboxylic acids is 1. The Hall–Kier alpha value is -4.54. The van der Waals surface area contributed by atoms with Gasteiger partial charge in [-0.1, -0.05) is 18.2 Å². The van der Waals surface area contributed by atoms with E-state index in [2.05, 4.69) is 20.9 Å². The van der Waals surface area contributed by atoms with Crippen molar-refractivity contribution in [3.63, 3.8) is 0 Å². The molecular weight excluding hydrogens is 597 g/mol. The van der Waals surface area contributed by atoms with E-state index < -0.39 is 17.7 Å². The second kappa shape index (κ2) is 12.4. The summed E-state index contributed by atoms with van der Waals surface area (Å²) in [7, 11) is 0. The lowest BCUT2D eigenvalue weighted by atomic mass is 9.87. The Bertz CT molecular complexity index is 1500. The molecule has 2 saturated heterocycles. The fourth-order valence-electron chi connectivity index (χ4n) is 4.84. The molecule has 0 bridgehead atoms. The molecule has 1 aromatic heterocycles. The van der Waals surface area contributed by atoms with Crippen LogP contribution in [0.1, 0.15) is 43.0 Å². The highest BCUT2D eigenvalue weighted by Gasteiger charge is 2.47. The molecular formula is C26H27F3N6O7S. The number of piperidine rings is 1. The Labute approximate surface area is 246 Å². The van der Waals surface area contributed by atoms with Crippen molar-refractivity contribution in [2.24, 2.45) is 4.99 Å². The number of halogens is 3. The van der Waals surface area contributed by atoms with Crippen LogP contribution in [0, 0.1) is 0 Å². The second-order valence-corrected chi connectivity index (χ2v) is 10.9.